The number of aromatic carboxylic acids is 1. The number of carboxylic acids is 2. The zero-order valence-corrected chi connectivity index (χ0v) is 90.7. The first-order valence-electron chi connectivity index (χ1n) is 52.8. The van der Waals surface area contributed by atoms with E-state index in [-0.39, 0.29) is 119 Å². The van der Waals surface area contributed by atoms with Gasteiger partial charge in [0.1, 0.15) is 0 Å². The van der Waals surface area contributed by atoms with Crippen LogP contribution in [0.25, 0.3) is 16.7 Å². The molecule has 0 unspecified atom stereocenters. The van der Waals surface area contributed by atoms with Crippen molar-refractivity contribution >= 4 is 52.3 Å². The Morgan fingerprint density at radius 2 is 0.730 bits per heavy atom. The summed E-state index contributed by atoms with van der Waals surface area (Å²) < 4.78 is 14.1. The zero-order chi connectivity index (χ0) is 98.3. The minimum absolute atomic E-state index is 0. The summed E-state index contributed by atoms with van der Waals surface area (Å²) in [5.41, 5.74) is 23.9. The van der Waals surface area contributed by atoms with E-state index >= 15 is 0 Å². The molecule has 3 aromatic carbocycles. The maximum Gasteiger partial charge on any atom is 1.00 e. The zero-order valence-electron chi connectivity index (χ0n) is 88.7. The Bertz CT molecular complexity index is 5190. The second kappa shape index (κ2) is 39.0. The number of nitrogens with one attached hydrogen (secondary N) is 2. The van der Waals surface area contributed by atoms with E-state index < -0.39 is 17.9 Å². The van der Waals surface area contributed by atoms with Gasteiger partial charge in [0.15, 0.2) is 5.78 Å². The van der Waals surface area contributed by atoms with Crippen molar-refractivity contribution in [2.45, 2.75) is 334 Å². The van der Waals surface area contributed by atoms with Crippen LogP contribution >= 0.6 is 0 Å². The van der Waals surface area contributed by atoms with Gasteiger partial charge >= 0.3 is 59.4 Å². The number of allylic oxidation sites excluding steroid dienone is 9. The Morgan fingerprint density at radius 1 is 0.394 bits per heavy atom. The number of benzene rings is 3. The predicted molar refractivity (Wildman–Crippen MR) is 549 cm³/mol. The number of hydrogen-bond acceptors (Lipinski definition) is 13. The molecule has 0 aromatic heterocycles. The summed E-state index contributed by atoms with van der Waals surface area (Å²) in [4.78, 5) is 68.8. The van der Waals surface area contributed by atoms with E-state index in [4.69, 9.17) is 15.2 Å². The topological polar surface area (TPSA) is 251 Å². The molecule has 0 heterocycles. The molecule has 16 heteroatoms. The maximum atomic E-state index is 12.0. The summed E-state index contributed by atoms with van der Waals surface area (Å²) in [5, 5.41) is 26.7. The van der Waals surface area contributed by atoms with Crippen LogP contribution in [0.4, 0.5) is 0 Å². The van der Waals surface area contributed by atoms with Crippen molar-refractivity contribution in [2.75, 3.05) is 34.4 Å². The molecule has 15 aliphatic rings. The molecule has 15 aliphatic carbocycles. The summed E-state index contributed by atoms with van der Waals surface area (Å²) in [6, 6.07) is 24.0. The number of Topliss-reactive ketones (excluding diaryl/α,β-unsaturated/α-hetero) is 1. The number of nitrogens with two attached hydrogens (primary N) is 1. The standard InChI is InChI=1S/C41H59NO3.C39H55NO4.C37H53NO2.C4H6O2.Na.H2O/c1-26(2)30-16-22-41(42-25-19-35(44)45-9)24-23-39(7)32(36(30)41)14-15-34-38(6)20-17-31(29-12-10-28(11-13-29)27(3)43)37(4,5)33(38)18-21-40(34,39)8;1-24(2)27-14-20-39(40-23-17-32(41)42)22-21-37(6)29(33(27)39)12-13-31-36(5)18-15-28(25-8-10-26(11-9-25)34(43)44)35(3,4)30(36)16-19-38(31,37)7;1-23(2)26-15-20-37(38)22-21-35(6)28(31(26)37)13-14-30-34(5)18-16-27(24-9-11-25(12-10-24)32(39)40-8)33(3,4)29(34)17-19-36(30,35)7;1-3-4(5)6-2;;/h10-13,17,30,32-34,36,42H,1,14-16,18-25H2,2-9H3;8-11,15,27,29-31,33,40H,1,12-14,16-23H2,2-7H3,(H,41,42)(H,43,44);9-12,16,26,28-31H,1,13-15,17-22,38H2,2-8H3;3H,1H2,2H3;;1H2/q;;;;+1;/p-1/t30-,32+,33-,34+,36+,38-,39+,40+,41-;27-,29+,30-,31+,33+,36-,37+,38+,39-;26-,28+,29-,30+,31+,34-,35+,36+,37-;;;/m000.../s1. The molecule has 0 radical (unpaired) electrons. The third kappa shape index (κ3) is 17.4. The van der Waals surface area contributed by atoms with E-state index in [9.17, 15) is 39.0 Å². The molecule has 15 nitrogen and oxygen atoms in total. The molecule has 137 heavy (non-hydrogen) atoms. The Kier molecular flexibility index (Phi) is 30.7. The number of carbonyl (C=O) groups is 6. The summed E-state index contributed by atoms with van der Waals surface area (Å²) in [6.45, 7) is 65.2. The number of ether oxygens (including phenoxy) is 3. The van der Waals surface area contributed by atoms with Crippen molar-refractivity contribution in [3.8, 4) is 0 Å². The number of aliphatic carboxylic acids is 1. The molecule has 18 rings (SSSR count). The fourth-order valence-corrected chi connectivity index (χ4v) is 38.0. The second-order valence-corrected chi connectivity index (χ2v) is 50.9. The number of carboxylic acid groups (broad SMARTS) is 2. The smallest absolute Gasteiger partial charge is 0.870 e. The van der Waals surface area contributed by atoms with Gasteiger partial charge in [0.05, 0.1) is 45.3 Å². The Hall–Kier alpha value is -6.30. The Labute approximate surface area is 846 Å². The fraction of sp³-hybridized carbons (Fsp3) is 0.686. The normalized spacial score (nSPS) is 40.7. The first-order valence-corrected chi connectivity index (χ1v) is 52.8. The molecule has 746 valence electrons. The van der Waals surface area contributed by atoms with Crippen LogP contribution in [0.1, 0.15) is 366 Å². The minimum atomic E-state index is -0.875. The number of methoxy groups -OCH3 is 3. The van der Waals surface area contributed by atoms with Crippen molar-refractivity contribution in [3.05, 3.63) is 174 Å². The molecular formula is C121H174N3NaO12. The number of esters is 3. The quantitative estimate of drug-likeness (QED) is 0.0198. The van der Waals surface area contributed by atoms with Crippen molar-refractivity contribution in [2.24, 2.45) is 159 Å². The fourth-order valence-electron chi connectivity index (χ4n) is 38.0. The van der Waals surface area contributed by atoms with Gasteiger partial charge in [-0.05, 0) is 412 Å². The predicted octanol–water partition coefficient (Wildman–Crippen LogP) is 24.3. The molecule has 0 aliphatic heterocycles. The summed E-state index contributed by atoms with van der Waals surface area (Å²) in [7, 11) is 4.25. The van der Waals surface area contributed by atoms with Crippen LogP contribution < -0.4 is 45.9 Å². The second-order valence-electron chi connectivity index (χ2n) is 50.9. The average Bonchev–Trinajstić information content (AvgIpc) is 1.68. The Morgan fingerprint density at radius 3 is 1.05 bits per heavy atom. The van der Waals surface area contributed by atoms with Gasteiger partial charge in [-0.3, -0.25) is 14.4 Å². The first-order chi connectivity index (χ1) is 63.3. The van der Waals surface area contributed by atoms with Gasteiger partial charge in [0.2, 0.25) is 0 Å². The van der Waals surface area contributed by atoms with Crippen LogP contribution in [0.5, 0.6) is 0 Å². The molecule has 7 N–H and O–H groups in total. The molecule has 0 saturated heterocycles. The van der Waals surface area contributed by atoms with Gasteiger partial charge in [-0.1, -0.05) is 214 Å². The number of hydrogen-bond donors (Lipinski definition) is 5. The number of fused-ring (bicyclic) bond motifs is 21. The number of rotatable bonds is 18. The summed E-state index contributed by atoms with van der Waals surface area (Å²) in [6.07, 6.45) is 42.7. The van der Waals surface area contributed by atoms with Crippen LogP contribution in [0, 0.1) is 154 Å². The summed E-state index contributed by atoms with van der Waals surface area (Å²) in [5.74, 6) is 7.08. The van der Waals surface area contributed by atoms with Crippen LogP contribution in [0.15, 0.2) is 140 Å². The molecule has 12 fully saturated rings. The van der Waals surface area contributed by atoms with E-state index in [0.29, 0.717) is 135 Å². The molecule has 0 bridgehead atoms. The minimum Gasteiger partial charge on any atom is -0.870 e. The summed E-state index contributed by atoms with van der Waals surface area (Å²) >= 11 is 0. The molecule has 0 spiro atoms. The maximum absolute atomic E-state index is 12.0. The van der Waals surface area contributed by atoms with Gasteiger partial charge < -0.3 is 46.3 Å². The van der Waals surface area contributed by atoms with Crippen LogP contribution in [-0.4, -0.2) is 102 Å². The van der Waals surface area contributed by atoms with E-state index in [1.807, 2.05) is 36.4 Å². The van der Waals surface area contributed by atoms with Gasteiger partial charge in [0.25, 0.3) is 0 Å². The van der Waals surface area contributed by atoms with Crippen molar-refractivity contribution < 1.29 is 88.2 Å². The molecule has 27 atom stereocenters. The van der Waals surface area contributed by atoms with Gasteiger partial charge in [0, 0.05) is 41.3 Å². The number of ketones is 1. The van der Waals surface area contributed by atoms with E-state index in [0.717, 1.165) is 55.2 Å². The molecule has 3 aromatic rings. The Balaban J connectivity index is 0.000000167. The van der Waals surface area contributed by atoms with Crippen LogP contribution in [0.2, 0.25) is 0 Å². The molecular weight excluding hydrogens is 1710 g/mol. The SMILES string of the molecule is C=C(C)[C@@H]1CC[C@]2(N)CC[C@]3(C)[C@H](CC[C@@H]4[C@@]5(C)CC=C(c6ccc(C(=O)OC)cc6)C(C)(C)[C@@H]5CC[C@]43C)[C@@H]12.C=C(C)[C@@H]1CC[C@]2(NCCC(=O)O)CC[C@]3(C)[C@H](CC[C@@H]4[C@@]5(C)CC=C(c6ccc(C(=O)O)cc6)C(C)(C)[C@@H]5CC[C@]43C)[C@@H]12.C=C(C)[C@@H]1CC[C@]2(NCCC(=O)OC)CC[C@]3(C)[C@H](CC[C@@H]4[C@@]5(C)CC=C(c6ccc(C(C)=O)cc6)C(C)(C)[C@@H]5CC[C@]43C)[C@@H]12.C=CC(=O)OC.[Na+].[OH-]. The van der Waals surface area contributed by atoms with Gasteiger partial charge in [-0.25, -0.2) is 14.4 Å². The van der Waals surface area contributed by atoms with E-state index in [2.05, 4.69) is 209 Å². The van der Waals surface area contributed by atoms with Crippen LogP contribution in [-0.2, 0) is 28.6 Å². The first kappa shape index (κ1) is 108. The van der Waals surface area contributed by atoms with Gasteiger partial charge in [-0.15, -0.1) is 0 Å². The third-order valence-electron chi connectivity index (χ3n) is 44.9. The van der Waals surface area contributed by atoms with E-state index in [1.54, 1.807) is 19.1 Å². The monoisotopic (exact) mass is 1880 g/mol. The number of carbonyl (C=O) groups excluding carboxylic acids is 4. The average molecular weight is 1890 g/mol. The van der Waals surface area contributed by atoms with Crippen molar-refractivity contribution in [3.63, 3.8) is 0 Å². The van der Waals surface area contributed by atoms with E-state index in [1.165, 1.54) is 207 Å². The van der Waals surface area contributed by atoms with Crippen molar-refractivity contribution in [1.82, 2.24) is 10.6 Å². The molecule has 12 saturated carbocycles. The van der Waals surface area contributed by atoms with Crippen molar-refractivity contribution in [1.29, 1.82) is 0 Å². The third-order valence-corrected chi connectivity index (χ3v) is 44.9. The van der Waals surface area contributed by atoms with Gasteiger partial charge in [-0.2, -0.15) is 0 Å². The van der Waals surface area contributed by atoms with Crippen LogP contribution in [0.3, 0.4) is 0 Å². The largest absolute Gasteiger partial charge is 1.00 e. The molecule has 0 amide bonds.